The molecule has 1 saturated carbocycles. The fourth-order valence-electron chi connectivity index (χ4n) is 3.18. The molecule has 0 spiro atoms. The Morgan fingerprint density at radius 3 is 3.05 bits per heavy atom. The molecule has 0 saturated heterocycles. The van der Waals surface area contributed by atoms with Crippen LogP contribution < -0.4 is 5.32 Å². The van der Waals surface area contributed by atoms with Crippen LogP contribution in [0.25, 0.3) is 0 Å². The van der Waals surface area contributed by atoms with E-state index in [2.05, 4.69) is 5.32 Å². The van der Waals surface area contributed by atoms with Crippen molar-refractivity contribution >= 4 is 17.7 Å². The maximum Gasteiger partial charge on any atom is 0.326 e. The first-order valence-corrected chi connectivity index (χ1v) is 8.07. The summed E-state index contributed by atoms with van der Waals surface area (Å²) in [5, 5.41) is 3.23. The van der Waals surface area contributed by atoms with Crippen molar-refractivity contribution in [1.29, 1.82) is 0 Å². The molecule has 1 aromatic rings. The van der Waals surface area contributed by atoms with Crippen molar-refractivity contribution in [1.82, 2.24) is 5.32 Å². The molecule has 2 rings (SSSR count). The second-order valence-corrected chi connectivity index (χ2v) is 6.42. The summed E-state index contributed by atoms with van der Waals surface area (Å²) in [4.78, 5) is 13.3. The average Bonchev–Trinajstić information content (AvgIpc) is 3.05. The third kappa shape index (κ3) is 2.88. The lowest BCUT2D eigenvalue weighted by Gasteiger charge is -2.32. The van der Waals surface area contributed by atoms with Crippen molar-refractivity contribution in [2.75, 3.05) is 19.9 Å². The summed E-state index contributed by atoms with van der Waals surface area (Å²) >= 11 is 1.80. The van der Waals surface area contributed by atoms with Gasteiger partial charge in [0.2, 0.25) is 0 Å². The Hall–Kier alpha value is -0.940. The second kappa shape index (κ2) is 6.68. The highest BCUT2D eigenvalue weighted by molar-refractivity contribution is 7.99. The molecular weight excluding hydrogens is 274 g/mol. The first-order chi connectivity index (χ1) is 9.64. The van der Waals surface area contributed by atoms with E-state index in [-0.39, 0.29) is 5.97 Å². The smallest absolute Gasteiger partial charge is 0.326 e. The number of hydrogen-bond acceptors (Lipinski definition) is 5. The number of hydrogen-bond donors (Lipinski definition) is 1. The number of carbonyl (C=O) groups excluding carboxylic acids is 1. The molecule has 0 radical (unpaired) electrons. The van der Waals surface area contributed by atoms with E-state index in [1.165, 1.54) is 12.0 Å². The van der Waals surface area contributed by atoms with Gasteiger partial charge in [0.25, 0.3) is 0 Å². The van der Waals surface area contributed by atoms with Gasteiger partial charge in [-0.2, -0.15) is 0 Å². The maximum atomic E-state index is 12.1. The number of aryl methyl sites for hydroxylation is 1. The lowest BCUT2D eigenvalue weighted by Crippen LogP contribution is -2.53. The largest absolute Gasteiger partial charge is 0.468 e. The molecule has 0 amide bonds. The summed E-state index contributed by atoms with van der Waals surface area (Å²) in [6.07, 6.45) is 5.76. The van der Waals surface area contributed by atoms with E-state index < -0.39 is 5.54 Å². The number of nitrogens with one attached hydrogen (secondary N) is 1. The van der Waals surface area contributed by atoms with Crippen LogP contribution in [-0.4, -0.2) is 31.4 Å². The summed E-state index contributed by atoms with van der Waals surface area (Å²) < 4.78 is 10.3. The van der Waals surface area contributed by atoms with Gasteiger partial charge in [-0.05, 0) is 51.0 Å². The molecule has 1 N–H and O–H groups in total. The molecule has 1 fully saturated rings. The molecule has 2 unspecified atom stereocenters. The van der Waals surface area contributed by atoms with Gasteiger partial charge in [-0.15, -0.1) is 11.8 Å². The van der Waals surface area contributed by atoms with E-state index in [0.29, 0.717) is 5.92 Å². The van der Waals surface area contributed by atoms with Crippen LogP contribution in [0, 0.1) is 12.8 Å². The first kappa shape index (κ1) is 15.4. The highest BCUT2D eigenvalue weighted by atomic mass is 32.2. The zero-order valence-electron chi connectivity index (χ0n) is 12.4. The molecule has 112 valence electrons. The van der Waals surface area contributed by atoms with Crippen LogP contribution in [0.3, 0.4) is 0 Å². The lowest BCUT2D eigenvalue weighted by molar-refractivity contribution is -0.150. The van der Waals surface area contributed by atoms with Gasteiger partial charge < -0.3 is 14.5 Å². The minimum atomic E-state index is -0.485. The molecule has 1 aromatic heterocycles. The second-order valence-electron chi connectivity index (χ2n) is 5.28. The number of carbonyl (C=O) groups is 1. The summed E-state index contributed by atoms with van der Waals surface area (Å²) in [5.41, 5.74) is -0.485. The standard InChI is InChI=1S/C15H23NO3S/c1-11-13(6-9-19-11)20-10-7-12-5-4-8-15(12,16-2)14(17)18-3/h6,9,12,16H,4-5,7-8,10H2,1-3H3. The monoisotopic (exact) mass is 297 g/mol. The molecule has 20 heavy (non-hydrogen) atoms. The molecule has 0 aliphatic heterocycles. The lowest BCUT2D eigenvalue weighted by atomic mass is 9.85. The molecule has 4 nitrogen and oxygen atoms in total. The number of methoxy groups -OCH3 is 1. The van der Waals surface area contributed by atoms with E-state index in [0.717, 1.165) is 37.2 Å². The number of ether oxygens (including phenoxy) is 1. The van der Waals surface area contributed by atoms with Gasteiger partial charge in [0.15, 0.2) is 0 Å². The predicted octanol–water partition coefficient (Wildman–Crippen LogP) is 3.00. The van der Waals surface area contributed by atoms with Gasteiger partial charge >= 0.3 is 5.97 Å². The van der Waals surface area contributed by atoms with Crippen molar-refractivity contribution in [3.05, 3.63) is 18.1 Å². The molecular formula is C15H23NO3S. The van der Waals surface area contributed by atoms with Gasteiger partial charge in [-0.1, -0.05) is 6.42 Å². The Morgan fingerprint density at radius 2 is 2.45 bits per heavy atom. The van der Waals surface area contributed by atoms with E-state index in [4.69, 9.17) is 9.15 Å². The summed E-state index contributed by atoms with van der Waals surface area (Å²) in [7, 11) is 3.34. The van der Waals surface area contributed by atoms with Gasteiger partial charge in [0.1, 0.15) is 11.3 Å². The van der Waals surface area contributed by atoms with E-state index in [1.807, 2.05) is 20.0 Å². The fourth-order valence-corrected chi connectivity index (χ4v) is 4.21. The quantitative estimate of drug-likeness (QED) is 0.646. The fraction of sp³-hybridized carbons (Fsp3) is 0.667. The number of likely N-dealkylation sites (N-methyl/N-ethyl adjacent to an activating group) is 1. The molecule has 0 aromatic carbocycles. The number of rotatable bonds is 6. The minimum Gasteiger partial charge on any atom is -0.468 e. The van der Waals surface area contributed by atoms with Crippen LogP contribution in [0.15, 0.2) is 21.6 Å². The van der Waals surface area contributed by atoms with Crippen LogP contribution in [0.2, 0.25) is 0 Å². The Balaban J connectivity index is 1.94. The molecule has 0 bridgehead atoms. The summed E-state index contributed by atoms with van der Waals surface area (Å²) in [6, 6.07) is 2.00. The van der Waals surface area contributed by atoms with Crippen molar-refractivity contribution in [2.45, 2.75) is 43.0 Å². The van der Waals surface area contributed by atoms with Crippen molar-refractivity contribution < 1.29 is 13.9 Å². The van der Waals surface area contributed by atoms with E-state index >= 15 is 0 Å². The van der Waals surface area contributed by atoms with Crippen molar-refractivity contribution in [2.24, 2.45) is 5.92 Å². The Labute approximate surface area is 124 Å². The SMILES string of the molecule is CNC1(C(=O)OC)CCCC1CCSc1ccoc1C. The maximum absolute atomic E-state index is 12.1. The van der Waals surface area contributed by atoms with Crippen LogP contribution in [0.1, 0.15) is 31.4 Å². The first-order valence-electron chi connectivity index (χ1n) is 7.08. The predicted molar refractivity (Wildman–Crippen MR) is 79.9 cm³/mol. The third-order valence-corrected chi connectivity index (χ3v) is 5.53. The Bertz CT molecular complexity index is 460. The third-order valence-electron chi connectivity index (χ3n) is 4.35. The minimum absolute atomic E-state index is 0.119. The zero-order valence-corrected chi connectivity index (χ0v) is 13.2. The topological polar surface area (TPSA) is 51.5 Å². The summed E-state index contributed by atoms with van der Waals surface area (Å²) in [5.74, 6) is 2.19. The molecule has 2 atom stereocenters. The molecule has 5 heteroatoms. The van der Waals surface area contributed by atoms with E-state index in [1.54, 1.807) is 18.0 Å². The highest BCUT2D eigenvalue weighted by Crippen LogP contribution is 2.40. The van der Waals surface area contributed by atoms with Crippen molar-refractivity contribution in [3.8, 4) is 0 Å². The molecule has 1 aliphatic rings. The average molecular weight is 297 g/mol. The molecule has 1 heterocycles. The number of thioether (sulfide) groups is 1. The van der Waals surface area contributed by atoms with E-state index in [9.17, 15) is 4.79 Å². The van der Waals surface area contributed by atoms with Crippen molar-refractivity contribution in [3.63, 3.8) is 0 Å². The van der Waals surface area contributed by atoms with Gasteiger partial charge in [-0.3, -0.25) is 4.79 Å². The highest BCUT2D eigenvalue weighted by Gasteiger charge is 2.48. The van der Waals surface area contributed by atoms with Crippen LogP contribution in [0.4, 0.5) is 0 Å². The van der Waals surface area contributed by atoms with Gasteiger partial charge in [0, 0.05) is 4.90 Å². The number of esters is 1. The Kier molecular flexibility index (Phi) is 5.16. The molecule has 1 aliphatic carbocycles. The normalized spacial score (nSPS) is 25.9. The van der Waals surface area contributed by atoms with Gasteiger partial charge in [-0.25, -0.2) is 0 Å². The number of furan rings is 1. The van der Waals surface area contributed by atoms with Crippen LogP contribution >= 0.6 is 11.8 Å². The zero-order chi connectivity index (χ0) is 14.6. The summed E-state index contributed by atoms with van der Waals surface area (Å²) in [6.45, 7) is 1.98. The van der Waals surface area contributed by atoms with Gasteiger partial charge in [0.05, 0.1) is 13.4 Å². The van der Waals surface area contributed by atoms with Crippen LogP contribution in [-0.2, 0) is 9.53 Å². The van der Waals surface area contributed by atoms with Crippen LogP contribution in [0.5, 0.6) is 0 Å². The Morgan fingerprint density at radius 1 is 1.65 bits per heavy atom.